The van der Waals surface area contributed by atoms with Gasteiger partial charge in [0.25, 0.3) is 0 Å². The lowest BCUT2D eigenvalue weighted by molar-refractivity contribution is 0.317. The van der Waals surface area contributed by atoms with E-state index in [0.29, 0.717) is 12.1 Å². The molecule has 0 unspecified atom stereocenters. The average Bonchev–Trinajstić information content (AvgIpc) is 2.92. The molecule has 1 aromatic carbocycles. The predicted molar refractivity (Wildman–Crippen MR) is 73.1 cm³/mol. The van der Waals surface area contributed by atoms with Crippen LogP contribution in [0.25, 0.3) is 0 Å². The topological polar surface area (TPSA) is 55.0 Å². The predicted octanol–water partition coefficient (Wildman–Crippen LogP) is 3.27. The minimum atomic E-state index is 0.461. The minimum Gasteiger partial charge on any atom is -0.497 e. The molecule has 4 nitrogen and oxygen atoms in total. The summed E-state index contributed by atoms with van der Waals surface area (Å²) in [4.78, 5) is 0. The Morgan fingerprint density at radius 2 is 1.84 bits per heavy atom. The van der Waals surface area contributed by atoms with E-state index < -0.39 is 0 Å². The van der Waals surface area contributed by atoms with Crippen LogP contribution in [0.15, 0.2) is 46.0 Å². The van der Waals surface area contributed by atoms with E-state index in [4.69, 9.17) is 14.4 Å². The van der Waals surface area contributed by atoms with Crippen molar-refractivity contribution in [2.75, 3.05) is 7.11 Å². The van der Waals surface area contributed by atoms with Crippen molar-refractivity contribution < 1.29 is 14.4 Å². The van der Waals surface area contributed by atoms with Gasteiger partial charge in [-0.3, -0.25) is 0 Å². The zero-order valence-corrected chi connectivity index (χ0v) is 11.1. The molecule has 0 bridgehead atoms. The Hall–Kier alpha value is -2.23. The number of nitrogens with zero attached hydrogens (tertiary/aromatic N) is 1. The summed E-state index contributed by atoms with van der Waals surface area (Å²) in [6.07, 6.45) is 1.32. The molecule has 2 aromatic rings. The lowest BCUT2D eigenvalue weighted by atomic mass is 10.1. The number of benzene rings is 1. The van der Waals surface area contributed by atoms with Crippen molar-refractivity contribution in [2.45, 2.75) is 19.8 Å². The van der Waals surface area contributed by atoms with Gasteiger partial charge in [-0.1, -0.05) is 12.1 Å². The number of ether oxygens (including phenoxy) is 1. The van der Waals surface area contributed by atoms with Gasteiger partial charge in [-0.2, -0.15) is 0 Å². The molecule has 2 rings (SSSR count). The molecule has 4 heteroatoms. The molecular formula is C15H17NO3. The molecule has 0 spiro atoms. The number of hydrogen-bond donors (Lipinski definition) is 1. The van der Waals surface area contributed by atoms with Crippen LogP contribution < -0.4 is 4.74 Å². The van der Waals surface area contributed by atoms with Gasteiger partial charge in [0, 0.05) is 12.0 Å². The molecule has 1 aromatic heterocycles. The summed E-state index contributed by atoms with van der Waals surface area (Å²) in [5, 5.41) is 12.5. The van der Waals surface area contributed by atoms with Crippen molar-refractivity contribution in [1.82, 2.24) is 0 Å². The Bertz CT molecular complexity index is 555. The minimum absolute atomic E-state index is 0.461. The maximum absolute atomic E-state index is 9.15. The molecule has 0 saturated heterocycles. The van der Waals surface area contributed by atoms with E-state index in [9.17, 15) is 0 Å². The van der Waals surface area contributed by atoms with Crippen molar-refractivity contribution in [3.05, 3.63) is 53.5 Å². The smallest absolute Gasteiger partial charge is 0.118 e. The van der Waals surface area contributed by atoms with Crippen molar-refractivity contribution >= 4 is 5.71 Å². The Morgan fingerprint density at radius 3 is 2.37 bits per heavy atom. The maximum atomic E-state index is 9.15. The average molecular weight is 259 g/mol. The molecule has 19 heavy (non-hydrogen) atoms. The van der Waals surface area contributed by atoms with Gasteiger partial charge in [0.2, 0.25) is 0 Å². The van der Waals surface area contributed by atoms with Crippen LogP contribution in [0.2, 0.25) is 0 Å². The van der Waals surface area contributed by atoms with Crippen LogP contribution in [-0.4, -0.2) is 18.0 Å². The highest BCUT2D eigenvalue weighted by molar-refractivity contribution is 6.01. The first kappa shape index (κ1) is 13.2. The summed E-state index contributed by atoms with van der Waals surface area (Å²) >= 11 is 0. The third-order valence-corrected chi connectivity index (χ3v) is 2.95. The number of rotatable bonds is 5. The molecule has 0 aliphatic carbocycles. The first-order valence-corrected chi connectivity index (χ1v) is 6.19. The van der Waals surface area contributed by atoms with E-state index >= 15 is 0 Å². The van der Waals surface area contributed by atoms with Crippen LogP contribution in [0.4, 0.5) is 0 Å². The molecule has 1 N–H and O–H groups in total. The summed E-state index contributed by atoms with van der Waals surface area (Å²) in [7, 11) is 1.62. The summed E-state index contributed by atoms with van der Waals surface area (Å²) < 4.78 is 10.7. The third-order valence-electron chi connectivity index (χ3n) is 2.95. The van der Waals surface area contributed by atoms with Gasteiger partial charge >= 0.3 is 0 Å². The van der Waals surface area contributed by atoms with E-state index in [0.717, 1.165) is 29.3 Å². The van der Waals surface area contributed by atoms with Crippen LogP contribution in [0, 0.1) is 0 Å². The molecule has 0 atom stereocenters. The van der Waals surface area contributed by atoms with Crippen LogP contribution in [-0.2, 0) is 12.8 Å². The van der Waals surface area contributed by atoms with Gasteiger partial charge in [0.1, 0.15) is 17.3 Å². The largest absolute Gasteiger partial charge is 0.497 e. The molecule has 0 saturated carbocycles. The van der Waals surface area contributed by atoms with Crippen molar-refractivity contribution in [2.24, 2.45) is 5.16 Å². The van der Waals surface area contributed by atoms with Gasteiger partial charge in [0.05, 0.1) is 19.2 Å². The number of hydrogen-bond acceptors (Lipinski definition) is 4. The van der Waals surface area contributed by atoms with Crippen LogP contribution in [0.1, 0.15) is 24.0 Å². The van der Waals surface area contributed by atoms with Crippen LogP contribution >= 0.6 is 0 Å². The van der Waals surface area contributed by atoms with Crippen molar-refractivity contribution in [1.29, 1.82) is 0 Å². The van der Waals surface area contributed by atoms with E-state index in [-0.39, 0.29) is 0 Å². The number of furan rings is 1. The zero-order valence-electron chi connectivity index (χ0n) is 11.1. The second-order valence-corrected chi connectivity index (χ2v) is 4.17. The molecular weight excluding hydrogens is 242 g/mol. The first-order chi connectivity index (χ1) is 9.26. The number of methoxy groups -OCH3 is 1. The Morgan fingerprint density at radius 1 is 1.16 bits per heavy atom. The van der Waals surface area contributed by atoms with Crippen LogP contribution in [0.5, 0.6) is 5.75 Å². The highest BCUT2D eigenvalue weighted by Crippen LogP contribution is 2.16. The monoisotopic (exact) mass is 259 g/mol. The van der Waals surface area contributed by atoms with E-state index in [1.807, 2.05) is 43.3 Å². The molecule has 1 heterocycles. The van der Waals surface area contributed by atoms with E-state index in [2.05, 4.69) is 5.16 Å². The van der Waals surface area contributed by atoms with Gasteiger partial charge < -0.3 is 14.4 Å². The Balaban J connectivity index is 2.15. The Kier molecular flexibility index (Phi) is 4.23. The van der Waals surface area contributed by atoms with Crippen molar-refractivity contribution in [3.63, 3.8) is 0 Å². The molecule has 0 aliphatic rings. The van der Waals surface area contributed by atoms with Crippen LogP contribution in [0.3, 0.4) is 0 Å². The van der Waals surface area contributed by atoms with Crippen molar-refractivity contribution in [3.8, 4) is 5.75 Å². The highest BCUT2D eigenvalue weighted by atomic mass is 16.5. The zero-order chi connectivity index (χ0) is 13.7. The molecule has 0 fully saturated rings. The van der Waals surface area contributed by atoms with E-state index in [1.54, 1.807) is 7.11 Å². The van der Waals surface area contributed by atoms with Gasteiger partial charge in [-0.25, -0.2) is 0 Å². The van der Waals surface area contributed by atoms with Gasteiger partial charge in [-0.05, 0) is 36.4 Å². The third kappa shape index (κ3) is 3.16. The second-order valence-electron chi connectivity index (χ2n) is 4.17. The molecule has 0 aliphatic heterocycles. The summed E-state index contributed by atoms with van der Waals surface area (Å²) in [5.74, 6) is 2.50. The Labute approximate surface area is 112 Å². The standard InChI is InChI=1S/C15H17NO3/c1-3-12-8-9-14(19-12)10-15(16-17)11-4-6-13(18-2)7-5-11/h4-9,17H,3,10H2,1-2H3. The normalized spacial score (nSPS) is 11.6. The fraction of sp³-hybridized carbons (Fsp3) is 0.267. The summed E-state index contributed by atoms with van der Waals surface area (Å²) in [6, 6.07) is 11.2. The lowest BCUT2D eigenvalue weighted by Crippen LogP contribution is -2.04. The summed E-state index contributed by atoms with van der Waals surface area (Å²) in [5.41, 5.74) is 1.41. The summed E-state index contributed by atoms with van der Waals surface area (Å²) in [6.45, 7) is 2.03. The fourth-order valence-electron chi connectivity index (χ4n) is 1.85. The SMILES string of the molecule is CCc1ccc(CC(=NO)c2ccc(OC)cc2)o1. The van der Waals surface area contributed by atoms with Gasteiger partial charge in [0.15, 0.2) is 0 Å². The number of oxime groups is 1. The quantitative estimate of drug-likeness (QED) is 0.509. The highest BCUT2D eigenvalue weighted by Gasteiger charge is 2.09. The fourth-order valence-corrected chi connectivity index (χ4v) is 1.85. The molecule has 0 radical (unpaired) electrons. The second kappa shape index (κ2) is 6.09. The van der Waals surface area contributed by atoms with Gasteiger partial charge in [-0.15, -0.1) is 0 Å². The first-order valence-electron chi connectivity index (χ1n) is 6.19. The molecule has 100 valence electrons. The lowest BCUT2D eigenvalue weighted by Gasteiger charge is -2.04. The number of aryl methyl sites for hydroxylation is 1. The van der Waals surface area contributed by atoms with E-state index in [1.165, 1.54) is 0 Å². The maximum Gasteiger partial charge on any atom is 0.118 e. The molecule has 0 amide bonds.